The third-order valence-corrected chi connectivity index (χ3v) is 4.01. The van der Waals surface area contributed by atoms with Gasteiger partial charge in [0.1, 0.15) is 0 Å². The van der Waals surface area contributed by atoms with E-state index in [0.717, 1.165) is 16.8 Å². The molecule has 0 fully saturated rings. The summed E-state index contributed by atoms with van der Waals surface area (Å²) in [5, 5.41) is 2.99. The van der Waals surface area contributed by atoms with E-state index >= 15 is 0 Å². The van der Waals surface area contributed by atoms with Crippen LogP contribution in [0.5, 0.6) is 0 Å². The Bertz CT molecular complexity index is 443. The van der Waals surface area contributed by atoms with Crippen molar-refractivity contribution in [2.75, 3.05) is 19.4 Å². The van der Waals surface area contributed by atoms with Gasteiger partial charge in [-0.2, -0.15) is 0 Å². The van der Waals surface area contributed by atoms with Gasteiger partial charge in [0, 0.05) is 12.7 Å². The van der Waals surface area contributed by atoms with E-state index in [1.54, 1.807) is 20.9 Å². The van der Waals surface area contributed by atoms with Gasteiger partial charge in [-0.15, -0.1) is 0 Å². The number of sulfonamides is 1. The molecule has 0 unspecified atom stereocenters. The molecular formula is C10H16N2O2S. The average Bonchev–Trinajstić information content (AvgIpc) is 2.16. The molecule has 0 aromatic heterocycles. The highest BCUT2D eigenvalue weighted by molar-refractivity contribution is 7.89. The second-order valence-electron chi connectivity index (χ2n) is 3.40. The van der Waals surface area contributed by atoms with Gasteiger partial charge in [0.15, 0.2) is 0 Å². The molecule has 1 aromatic rings. The second-order valence-corrected chi connectivity index (χ2v) is 5.22. The summed E-state index contributed by atoms with van der Waals surface area (Å²) < 4.78 is 25.7. The highest BCUT2D eigenvalue weighted by Crippen LogP contribution is 2.23. The smallest absolute Gasteiger partial charge is 0.240 e. The molecule has 1 aromatic carbocycles. The van der Waals surface area contributed by atoms with Gasteiger partial charge in [-0.3, -0.25) is 0 Å². The molecule has 15 heavy (non-hydrogen) atoms. The van der Waals surface area contributed by atoms with E-state index in [4.69, 9.17) is 0 Å². The molecular weight excluding hydrogens is 212 g/mol. The van der Waals surface area contributed by atoms with Crippen LogP contribution >= 0.6 is 0 Å². The summed E-state index contributed by atoms with van der Waals surface area (Å²) in [6.45, 7) is 3.58. The van der Waals surface area contributed by atoms with Crippen LogP contribution in [0.15, 0.2) is 17.0 Å². The fourth-order valence-electron chi connectivity index (χ4n) is 1.62. The van der Waals surface area contributed by atoms with Crippen LogP contribution in [-0.2, 0) is 10.0 Å². The number of nitrogens with one attached hydrogen (secondary N) is 2. The van der Waals surface area contributed by atoms with E-state index in [-0.39, 0.29) is 0 Å². The Hall–Kier alpha value is -1.07. The monoisotopic (exact) mass is 228 g/mol. The van der Waals surface area contributed by atoms with Crippen molar-refractivity contribution in [1.82, 2.24) is 4.72 Å². The lowest BCUT2D eigenvalue weighted by Crippen LogP contribution is -2.20. The maximum absolute atomic E-state index is 11.7. The van der Waals surface area contributed by atoms with Gasteiger partial charge < -0.3 is 5.32 Å². The molecule has 4 nitrogen and oxygen atoms in total. The summed E-state index contributed by atoms with van der Waals surface area (Å²) in [4.78, 5) is 0.365. The third kappa shape index (κ3) is 2.30. The number of hydrogen-bond acceptors (Lipinski definition) is 3. The molecule has 84 valence electrons. The maximum atomic E-state index is 11.7. The van der Waals surface area contributed by atoms with E-state index < -0.39 is 10.0 Å². The van der Waals surface area contributed by atoms with Crippen LogP contribution in [0.3, 0.4) is 0 Å². The number of anilines is 1. The molecule has 0 spiro atoms. The van der Waals surface area contributed by atoms with Crippen molar-refractivity contribution in [3.8, 4) is 0 Å². The molecule has 0 saturated carbocycles. The lowest BCUT2D eigenvalue weighted by molar-refractivity contribution is 0.587. The van der Waals surface area contributed by atoms with Crippen LogP contribution in [0.25, 0.3) is 0 Å². The zero-order valence-corrected chi connectivity index (χ0v) is 10.2. The van der Waals surface area contributed by atoms with Crippen molar-refractivity contribution in [2.45, 2.75) is 18.7 Å². The maximum Gasteiger partial charge on any atom is 0.240 e. The highest BCUT2D eigenvalue weighted by Gasteiger charge is 2.17. The second kappa shape index (κ2) is 4.20. The quantitative estimate of drug-likeness (QED) is 0.818. The predicted molar refractivity (Wildman–Crippen MR) is 61.7 cm³/mol. The molecule has 0 heterocycles. The fraction of sp³-hybridized carbons (Fsp3) is 0.400. The zero-order valence-electron chi connectivity index (χ0n) is 9.38. The molecule has 0 amide bonds. The van der Waals surface area contributed by atoms with Crippen molar-refractivity contribution in [1.29, 1.82) is 0 Å². The number of aryl methyl sites for hydroxylation is 2. The van der Waals surface area contributed by atoms with Gasteiger partial charge in [0.2, 0.25) is 10.0 Å². The van der Waals surface area contributed by atoms with Crippen LogP contribution in [-0.4, -0.2) is 22.5 Å². The summed E-state index contributed by atoms with van der Waals surface area (Å²) >= 11 is 0. The Balaban J connectivity index is 3.45. The minimum atomic E-state index is -3.36. The lowest BCUT2D eigenvalue weighted by atomic mass is 10.1. The largest absolute Gasteiger partial charge is 0.388 e. The van der Waals surface area contributed by atoms with E-state index in [2.05, 4.69) is 10.0 Å². The van der Waals surface area contributed by atoms with Gasteiger partial charge in [-0.1, -0.05) is 0 Å². The Morgan fingerprint density at radius 3 is 1.87 bits per heavy atom. The number of benzene rings is 1. The molecule has 5 heteroatoms. The topological polar surface area (TPSA) is 58.2 Å². The normalized spacial score (nSPS) is 11.5. The minimum absolute atomic E-state index is 0.365. The first kappa shape index (κ1) is 12.0. The van der Waals surface area contributed by atoms with Crippen molar-refractivity contribution >= 4 is 15.7 Å². The van der Waals surface area contributed by atoms with Crippen molar-refractivity contribution in [3.63, 3.8) is 0 Å². The van der Waals surface area contributed by atoms with Gasteiger partial charge in [0.25, 0.3) is 0 Å². The van der Waals surface area contributed by atoms with Gasteiger partial charge in [-0.25, -0.2) is 13.1 Å². The Labute approximate surface area is 90.8 Å². The summed E-state index contributed by atoms with van der Waals surface area (Å²) in [5.41, 5.74) is 2.41. The zero-order chi connectivity index (χ0) is 11.6. The Kier molecular flexibility index (Phi) is 3.36. The number of hydrogen-bond donors (Lipinski definition) is 2. The Morgan fingerprint density at radius 2 is 1.53 bits per heavy atom. The van der Waals surface area contributed by atoms with E-state index in [1.165, 1.54) is 7.05 Å². The lowest BCUT2D eigenvalue weighted by Gasteiger charge is -2.12. The first-order chi connectivity index (χ1) is 6.92. The first-order valence-electron chi connectivity index (χ1n) is 4.65. The summed E-state index contributed by atoms with van der Waals surface area (Å²) in [6, 6.07) is 3.63. The molecule has 0 radical (unpaired) electrons. The van der Waals surface area contributed by atoms with Gasteiger partial charge in [-0.05, 0) is 44.2 Å². The van der Waals surface area contributed by atoms with E-state index in [1.807, 2.05) is 12.1 Å². The average molecular weight is 228 g/mol. The minimum Gasteiger partial charge on any atom is -0.388 e. The molecule has 0 bridgehead atoms. The molecule has 1 rings (SSSR count). The van der Waals surface area contributed by atoms with Crippen LogP contribution in [0.2, 0.25) is 0 Å². The molecule has 0 saturated heterocycles. The van der Waals surface area contributed by atoms with Crippen molar-refractivity contribution < 1.29 is 8.42 Å². The summed E-state index contributed by atoms with van der Waals surface area (Å²) in [7, 11) is -0.139. The first-order valence-corrected chi connectivity index (χ1v) is 6.13. The molecule has 0 aliphatic heterocycles. The molecule has 0 aliphatic rings. The predicted octanol–water partition coefficient (Wildman–Crippen LogP) is 1.25. The standard InChI is InChI=1S/C10H16N2O2S/c1-7-5-9(11-3)6-8(2)10(7)15(13,14)12-4/h5-6,11-12H,1-4H3. The highest BCUT2D eigenvalue weighted by atomic mass is 32.2. The fourth-order valence-corrected chi connectivity index (χ4v) is 2.79. The van der Waals surface area contributed by atoms with Crippen LogP contribution < -0.4 is 10.0 Å². The molecule has 0 aliphatic carbocycles. The van der Waals surface area contributed by atoms with Crippen LogP contribution in [0, 0.1) is 13.8 Å². The number of rotatable bonds is 3. The van der Waals surface area contributed by atoms with Gasteiger partial charge >= 0.3 is 0 Å². The molecule has 2 N–H and O–H groups in total. The van der Waals surface area contributed by atoms with Crippen molar-refractivity contribution in [2.24, 2.45) is 0 Å². The molecule has 0 atom stereocenters. The Morgan fingerprint density at radius 1 is 1.07 bits per heavy atom. The van der Waals surface area contributed by atoms with Crippen molar-refractivity contribution in [3.05, 3.63) is 23.3 Å². The SMILES string of the molecule is CNc1cc(C)c(S(=O)(=O)NC)c(C)c1. The van der Waals surface area contributed by atoms with E-state index in [0.29, 0.717) is 4.90 Å². The summed E-state index contributed by atoms with van der Waals surface area (Å²) in [6.07, 6.45) is 0. The van der Waals surface area contributed by atoms with Crippen LogP contribution in [0.1, 0.15) is 11.1 Å². The van der Waals surface area contributed by atoms with Gasteiger partial charge in [0.05, 0.1) is 4.90 Å². The van der Waals surface area contributed by atoms with E-state index in [9.17, 15) is 8.42 Å². The third-order valence-electron chi connectivity index (χ3n) is 2.29. The van der Waals surface area contributed by atoms with Crippen LogP contribution in [0.4, 0.5) is 5.69 Å². The summed E-state index contributed by atoms with van der Waals surface area (Å²) in [5.74, 6) is 0.